The van der Waals surface area contributed by atoms with Gasteiger partial charge >= 0.3 is 151 Å². The quantitative estimate of drug-likeness (QED) is 0.371. The topological polar surface area (TPSA) is 0 Å². The summed E-state index contributed by atoms with van der Waals surface area (Å²) >= 11 is -0.834. The van der Waals surface area contributed by atoms with E-state index in [2.05, 4.69) is 72.8 Å². The van der Waals surface area contributed by atoms with Gasteiger partial charge in [0.2, 0.25) is 0 Å². The Hall–Kier alpha value is -1.18. The van der Waals surface area contributed by atoms with E-state index in [4.69, 9.17) is 0 Å². The largest absolute Gasteiger partial charge is 1.00 e. The Morgan fingerprint density at radius 1 is 0.920 bits per heavy atom. The predicted molar refractivity (Wildman–Crippen MR) is 95.8 cm³/mol. The monoisotopic (exact) mass is 518 g/mol. The molecule has 3 aliphatic rings. The third-order valence-electron chi connectivity index (χ3n) is 4.94. The molecule has 0 N–H and O–H groups in total. The summed E-state index contributed by atoms with van der Waals surface area (Å²) in [6.45, 7) is 0. The van der Waals surface area contributed by atoms with Crippen molar-refractivity contribution in [1.82, 2.24) is 0 Å². The van der Waals surface area contributed by atoms with E-state index >= 15 is 0 Å². The minimum atomic E-state index is -0.834. The maximum Gasteiger partial charge on any atom is -1.00 e. The van der Waals surface area contributed by atoms with Crippen LogP contribution in [0.15, 0.2) is 81.0 Å². The average Bonchev–Trinajstić information content (AvgIpc) is 3.11. The number of benzene rings is 2. The van der Waals surface area contributed by atoms with E-state index in [0.717, 1.165) is 3.67 Å². The van der Waals surface area contributed by atoms with Gasteiger partial charge < -0.3 is 9.41 Å². The Morgan fingerprint density at radius 2 is 1.68 bits per heavy atom. The fourth-order valence-electron chi connectivity index (χ4n) is 3.76. The van der Waals surface area contributed by atoms with Gasteiger partial charge in [0.05, 0.1) is 0 Å². The zero-order valence-electron chi connectivity index (χ0n) is 13.6. The van der Waals surface area contributed by atoms with E-state index in [-0.39, 0.29) is 17.3 Å². The molecule has 1 fully saturated rings. The Kier molecular flexibility index (Phi) is 5.65. The first-order valence-corrected chi connectivity index (χ1v) is 13.6. The molecule has 5 rings (SSSR count). The van der Waals surface area contributed by atoms with Crippen LogP contribution in [0.1, 0.15) is 21.2 Å². The molecule has 0 radical (unpaired) electrons. The zero-order valence-corrected chi connectivity index (χ0v) is 18.1. The van der Waals surface area contributed by atoms with Crippen LogP contribution in [0.2, 0.25) is 0 Å². The van der Waals surface area contributed by atoms with E-state index in [1.54, 1.807) is 16.4 Å². The van der Waals surface area contributed by atoms with Gasteiger partial charge in [-0.3, -0.25) is 0 Å². The number of allylic oxidation sites excluding steroid dienone is 5. The van der Waals surface area contributed by atoms with Crippen LogP contribution < -0.4 is 14.7 Å². The van der Waals surface area contributed by atoms with Gasteiger partial charge in [0.15, 0.2) is 0 Å². The second-order valence-corrected chi connectivity index (χ2v) is 13.9. The zero-order chi connectivity index (χ0) is 15.2. The molecule has 1 heterocycles. The Morgan fingerprint density at radius 3 is 2.52 bits per heavy atom. The molecule has 2 aromatic rings. The minimum Gasteiger partial charge on any atom is -1.00 e. The summed E-state index contributed by atoms with van der Waals surface area (Å²) in [6.07, 6.45) is 9.97. The van der Waals surface area contributed by atoms with Gasteiger partial charge in [-0.25, -0.2) is 0 Å². The Bertz CT molecular complexity index is 870. The summed E-state index contributed by atoms with van der Waals surface area (Å²) in [5.41, 5.74) is 4.75. The minimum absolute atomic E-state index is 0. The van der Waals surface area contributed by atoms with Gasteiger partial charge in [-0.05, 0) is 0 Å². The standard InChI is InChI=1S/C12H10P.C9H7.2FH.Hf/c1-2-6-11(7-3-1)13-9-10-5-4-8-12(10)13;1-2-5-9-7-3-6-8(9)4-1;;;/h1-3,5-7H,4,9H2;1-7H;2*1H;/q;;;;+2/p-2. The van der Waals surface area contributed by atoms with Gasteiger partial charge in [0.1, 0.15) is 0 Å². The number of rotatable bonds is 3. The normalized spacial score (nSPS) is 22.0. The van der Waals surface area contributed by atoms with Crippen molar-refractivity contribution in [2.45, 2.75) is 10.1 Å². The molecule has 2 aromatic carbocycles. The van der Waals surface area contributed by atoms with Crippen LogP contribution in [0.3, 0.4) is 0 Å². The van der Waals surface area contributed by atoms with Gasteiger partial charge in [-0.15, -0.1) is 0 Å². The van der Waals surface area contributed by atoms with Crippen molar-refractivity contribution in [3.8, 4) is 0 Å². The molecule has 0 bridgehead atoms. The molecular formula is C21H17F2HfP. The smallest absolute Gasteiger partial charge is 1.00 e. The molecule has 4 heteroatoms. The van der Waals surface area contributed by atoms with Crippen molar-refractivity contribution in [2.75, 3.05) is 6.16 Å². The average molecular weight is 517 g/mol. The second kappa shape index (κ2) is 7.60. The molecular weight excluding hydrogens is 500 g/mol. The number of hydrogen-bond donors (Lipinski definition) is 0. The van der Waals surface area contributed by atoms with Crippen LogP contribution in [0, 0.1) is 0 Å². The summed E-state index contributed by atoms with van der Waals surface area (Å²) in [4.78, 5) is 0. The van der Waals surface area contributed by atoms with Crippen molar-refractivity contribution in [1.29, 1.82) is 0 Å². The van der Waals surface area contributed by atoms with Crippen LogP contribution in [-0.2, 0) is 22.9 Å². The predicted octanol–water partition coefficient (Wildman–Crippen LogP) is -0.792. The van der Waals surface area contributed by atoms with Crippen molar-refractivity contribution in [3.63, 3.8) is 0 Å². The van der Waals surface area contributed by atoms with Gasteiger partial charge in [0.25, 0.3) is 0 Å². The fraction of sp³-hybridized carbons (Fsp3) is 0.143. The molecule has 2 atom stereocenters. The molecule has 25 heavy (non-hydrogen) atoms. The van der Waals surface area contributed by atoms with Crippen molar-refractivity contribution >= 4 is 19.3 Å². The Balaban J connectivity index is 0.000000911. The molecule has 2 unspecified atom stereocenters. The first-order chi connectivity index (χ1) is 11.4. The Labute approximate surface area is 159 Å². The first-order valence-electron chi connectivity index (χ1n) is 8.19. The van der Waals surface area contributed by atoms with E-state index in [1.807, 2.05) is 8.64 Å². The summed E-state index contributed by atoms with van der Waals surface area (Å²) in [5, 5.41) is 3.40. The summed E-state index contributed by atoms with van der Waals surface area (Å²) < 4.78 is 2.67. The molecule has 0 aromatic heterocycles. The van der Waals surface area contributed by atoms with E-state index < -0.39 is 22.9 Å². The molecule has 0 amide bonds. The van der Waals surface area contributed by atoms with Crippen LogP contribution in [0.4, 0.5) is 0 Å². The molecule has 2 aliphatic carbocycles. The molecule has 0 spiro atoms. The molecule has 124 valence electrons. The summed E-state index contributed by atoms with van der Waals surface area (Å²) in [7, 11) is -0.0242. The second-order valence-electron chi connectivity index (χ2n) is 6.29. The number of halogens is 2. The van der Waals surface area contributed by atoms with E-state index in [1.165, 1.54) is 18.1 Å². The van der Waals surface area contributed by atoms with Crippen molar-refractivity contribution < 1.29 is 32.3 Å². The van der Waals surface area contributed by atoms with Crippen molar-refractivity contribution in [3.05, 3.63) is 92.1 Å². The van der Waals surface area contributed by atoms with Crippen LogP contribution in [-0.4, -0.2) is 6.16 Å². The SMILES string of the molecule is C1=C[CH]([Hf+2][C]2=C3C(=CC2)CP3c2ccccc2)c2ccccc21.[F-].[F-]. The van der Waals surface area contributed by atoms with Gasteiger partial charge in [-0.1, -0.05) is 0 Å². The molecule has 1 aliphatic heterocycles. The number of fused-ring (bicyclic) bond motifs is 2. The number of hydrogen-bond acceptors (Lipinski definition) is 0. The molecule has 1 saturated heterocycles. The fourth-order valence-corrected chi connectivity index (χ4v) is 13.6. The summed E-state index contributed by atoms with van der Waals surface area (Å²) in [5.74, 6) is 0. The van der Waals surface area contributed by atoms with Crippen LogP contribution in [0.5, 0.6) is 0 Å². The van der Waals surface area contributed by atoms with Crippen LogP contribution >= 0.6 is 7.92 Å². The molecule has 0 nitrogen and oxygen atoms in total. The van der Waals surface area contributed by atoms with Crippen molar-refractivity contribution in [2.24, 2.45) is 0 Å². The maximum atomic E-state index is 2.53. The third kappa shape index (κ3) is 3.17. The van der Waals surface area contributed by atoms with Gasteiger partial charge in [0, 0.05) is 0 Å². The van der Waals surface area contributed by atoms with E-state index in [0.29, 0.717) is 0 Å². The maximum absolute atomic E-state index is 2.53. The summed E-state index contributed by atoms with van der Waals surface area (Å²) in [6, 6.07) is 20.2. The van der Waals surface area contributed by atoms with Crippen LogP contribution in [0.25, 0.3) is 6.08 Å². The van der Waals surface area contributed by atoms with Gasteiger partial charge in [-0.2, -0.15) is 0 Å². The third-order valence-corrected chi connectivity index (χ3v) is 14.2. The van der Waals surface area contributed by atoms with E-state index in [9.17, 15) is 0 Å². The first kappa shape index (κ1) is 18.6. The molecule has 0 saturated carbocycles.